The molecule has 7 nitrogen and oxygen atoms in total. The van der Waals surface area contributed by atoms with Crippen LogP contribution >= 0.6 is 0 Å². The fourth-order valence-electron chi connectivity index (χ4n) is 6.10. The average Bonchev–Trinajstić information content (AvgIpc) is 3.30. The van der Waals surface area contributed by atoms with Crippen LogP contribution in [0.15, 0.2) is 72.8 Å². The highest BCUT2D eigenvalue weighted by molar-refractivity contribution is 6.02. The van der Waals surface area contributed by atoms with Crippen molar-refractivity contribution in [3.63, 3.8) is 0 Å². The maximum absolute atomic E-state index is 13.9. The standard InChI is InChI=1S/C32H33N5O2/c1-22-16-23(2)18-24(17-22)19-26-12-8-9-15-35(26)31(39)21-36-27-13-6-7-14-28(27)37-29(20-30(36)38)33-34-32(37)25-10-4-3-5-11-25/h3-7,10-11,13-14,16-18,26H,8-9,12,15,19-21H2,1-2H3. The molecule has 1 saturated heterocycles. The number of rotatable bonds is 5. The first kappa shape index (κ1) is 25.0. The summed E-state index contributed by atoms with van der Waals surface area (Å²) in [5.74, 6) is 1.10. The van der Waals surface area contributed by atoms with Crippen molar-refractivity contribution in [2.75, 3.05) is 18.0 Å². The molecule has 198 valence electrons. The number of anilines is 1. The molecule has 0 spiro atoms. The Morgan fingerprint density at radius 2 is 1.62 bits per heavy atom. The number of para-hydroxylation sites is 2. The second-order valence-corrected chi connectivity index (χ2v) is 10.7. The van der Waals surface area contributed by atoms with Crippen LogP contribution in [0.2, 0.25) is 0 Å². The third kappa shape index (κ3) is 4.97. The van der Waals surface area contributed by atoms with E-state index in [1.807, 2.05) is 64.1 Å². The minimum absolute atomic E-state index is 0.00632. The number of piperidine rings is 1. The molecular weight excluding hydrogens is 486 g/mol. The summed E-state index contributed by atoms with van der Waals surface area (Å²) >= 11 is 0. The van der Waals surface area contributed by atoms with E-state index >= 15 is 0 Å². The molecule has 2 aliphatic rings. The molecule has 1 unspecified atom stereocenters. The minimum Gasteiger partial charge on any atom is -0.338 e. The smallest absolute Gasteiger partial charge is 0.242 e. The summed E-state index contributed by atoms with van der Waals surface area (Å²) in [6.45, 7) is 4.97. The summed E-state index contributed by atoms with van der Waals surface area (Å²) in [6, 6.07) is 24.3. The minimum atomic E-state index is -0.149. The molecule has 2 amide bonds. The third-order valence-electron chi connectivity index (χ3n) is 7.78. The van der Waals surface area contributed by atoms with E-state index in [2.05, 4.69) is 42.2 Å². The summed E-state index contributed by atoms with van der Waals surface area (Å²) in [5.41, 5.74) is 6.18. The highest BCUT2D eigenvalue weighted by atomic mass is 16.2. The predicted molar refractivity (Wildman–Crippen MR) is 152 cm³/mol. The van der Waals surface area contributed by atoms with Gasteiger partial charge in [0.05, 0.1) is 17.8 Å². The van der Waals surface area contributed by atoms with Crippen molar-refractivity contribution < 1.29 is 9.59 Å². The number of fused-ring (bicyclic) bond motifs is 3. The van der Waals surface area contributed by atoms with E-state index < -0.39 is 0 Å². The number of carbonyl (C=O) groups excluding carboxylic acids is 2. The van der Waals surface area contributed by atoms with Gasteiger partial charge in [-0.05, 0) is 57.2 Å². The van der Waals surface area contributed by atoms with Gasteiger partial charge in [-0.3, -0.25) is 14.2 Å². The first-order valence-corrected chi connectivity index (χ1v) is 13.7. The van der Waals surface area contributed by atoms with Gasteiger partial charge in [-0.2, -0.15) is 0 Å². The molecule has 7 heteroatoms. The number of hydrogen-bond acceptors (Lipinski definition) is 4. The van der Waals surface area contributed by atoms with Crippen molar-refractivity contribution in [1.29, 1.82) is 0 Å². The zero-order chi connectivity index (χ0) is 26.9. The number of nitrogens with zero attached hydrogens (tertiary/aromatic N) is 5. The maximum Gasteiger partial charge on any atom is 0.242 e. The van der Waals surface area contributed by atoms with Gasteiger partial charge in [-0.15, -0.1) is 10.2 Å². The molecule has 0 saturated carbocycles. The molecule has 1 atom stereocenters. The Balaban J connectivity index is 1.30. The van der Waals surface area contributed by atoms with Crippen molar-refractivity contribution in [1.82, 2.24) is 19.7 Å². The van der Waals surface area contributed by atoms with Crippen LogP contribution < -0.4 is 4.90 Å². The molecule has 1 fully saturated rings. The Kier molecular flexibility index (Phi) is 6.73. The summed E-state index contributed by atoms with van der Waals surface area (Å²) in [6.07, 6.45) is 3.99. The van der Waals surface area contributed by atoms with Crippen LogP contribution in [0.3, 0.4) is 0 Å². The molecule has 4 aromatic rings. The van der Waals surface area contributed by atoms with Crippen molar-refractivity contribution in [3.8, 4) is 17.1 Å². The van der Waals surface area contributed by atoms with Crippen LogP contribution in [0.1, 0.15) is 41.8 Å². The Bertz CT molecular complexity index is 1510. The van der Waals surface area contributed by atoms with E-state index in [0.717, 1.165) is 43.5 Å². The number of benzene rings is 3. The molecule has 1 aromatic heterocycles. The highest BCUT2D eigenvalue weighted by Crippen LogP contribution is 2.33. The molecule has 0 N–H and O–H groups in total. The lowest BCUT2D eigenvalue weighted by molar-refractivity contribution is -0.134. The van der Waals surface area contributed by atoms with E-state index in [4.69, 9.17) is 0 Å². The molecule has 6 rings (SSSR count). The van der Waals surface area contributed by atoms with Crippen molar-refractivity contribution in [2.24, 2.45) is 0 Å². The molecule has 0 bridgehead atoms. The highest BCUT2D eigenvalue weighted by Gasteiger charge is 2.33. The number of aromatic nitrogens is 3. The van der Waals surface area contributed by atoms with Crippen LogP contribution in [-0.2, 0) is 22.4 Å². The van der Waals surface area contributed by atoms with Crippen LogP contribution in [0.4, 0.5) is 5.69 Å². The van der Waals surface area contributed by atoms with E-state index in [-0.39, 0.29) is 30.8 Å². The van der Waals surface area contributed by atoms with E-state index in [1.54, 1.807) is 4.90 Å². The lowest BCUT2D eigenvalue weighted by atomic mass is 9.94. The number of likely N-dealkylation sites (tertiary alicyclic amines) is 1. The van der Waals surface area contributed by atoms with Gasteiger partial charge >= 0.3 is 0 Å². The molecule has 3 aromatic carbocycles. The fourth-order valence-corrected chi connectivity index (χ4v) is 6.10. The van der Waals surface area contributed by atoms with E-state index in [0.29, 0.717) is 17.3 Å². The molecule has 39 heavy (non-hydrogen) atoms. The van der Waals surface area contributed by atoms with Gasteiger partial charge in [0.15, 0.2) is 5.82 Å². The Labute approximate surface area is 229 Å². The Hall–Kier alpha value is -4.26. The zero-order valence-electron chi connectivity index (χ0n) is 22.5. The maximum atomic E-state index is 13.9. The first-order valence-electron chi connectivity index (χ1n) is 13.7. The molecule has 0 aliphatic carbocycles. The number of hydrogen-bond donors (Lipinski definition) is 0. The first-order chi connectivity index (χ1) is 19.0. The Morgan fingerprint density at radius 1 is 0.897 bits per heavy atom. The van der Waals surface area contributed by atoms with Crippen LogP contribution in [-0.4, -0.2) is 50.6 Å². The summed E-state index contributed by atoms with van der Waals surface area (Å²) in [5, 5.41) is 8.82. The lowest BCUT2D eigenvalue weighted by Gasteiger charge is -2.37. The van der Waals surface area contributed by atoms with Gasteiger partial charge in [-0.1, -0.05) is 71.8 Å². The second-order valence-electron chi connectivity index (χ2n) is 10.7. The Morgan fingerprint density at radius 3 is 2.38 bits per heavy atom. The SMILES string of the molecule is Cc1cc(C)cc(CC2CCCCN2C(=O)CN2C(=O)Cc3nnc(-c4ccccc4)n3-c3ccccc32)c1. The van der Waals surface area contributed by atoms with Crippen molar-refractivity contribution >= 4 is 17.5 Å². The predicted octanol–water partition coefficient (Wildman–Crippen LogP) is 5.06. The fraction of sp³-hybridized carbons (Fsp3) is 0.312. The van der Waals surface area contributed by atoms with E-state index in [9.17, 15) is 9.59 Å². The normalized spacial score (nSPS) is 17.0. The quantitative estimate of drug-likeness (QED) is 0.369. The molecule has 2 aliphatic heterocycles. The van der Waals surface area contributed by atoms with Crippen LogP contribution in [0.25, 0.3) is 17.1 Å². The van der Waals surface area contributed by atoms with E-state index in [1.165, 1.54) is 16.7 Å². The zero-order valence-corrected chi connectivity index (χ0v) is 22.5. The van der Waals surface area contributed by atoms with Gasteiger partial charge in [0.2, 0.25) is 11.8 Å². The summed E-state index contributed by atoms with van der Waals surface area (Å²) in [7, 11) is 0. The van der Waals surface area contributed by atoms with Gasteiger partial charge in [0.25, 0.3) is 0 Å². The lowest BCUT2D eigenvalue weighted by Crippen LogP contribution is -2.50. The van der Waals surface area contributed by atoms with Gasteiger partial charge in [0.1, 0.15) is 12.4 Å². The monoisotopic (exact) mass is 519 g/mol. The number of aryl methyl sites for hydroxylation is 2. The average molecular weight is 520 g/mol. The topological polar surface area (TPSA) is 71.3 Å². The molecule has 0 radical (unpaired) electrons. The second kappa shape index (κ2) is 10.5. The van der Waals surface area contributed by atoms with Crippen LogP contribution in [0.5, 0.6) is 0 Å². The molecule has 3 heterocycles. The third-order valence-corrected chi connectivity index (χ3v) is 7.78. The van der Waals surface area contributed by atoms with Crippen molar-refractivity contribution in [2.45, 2.75) is 52.0 Å². The summed E-state index contributed by atoms with van der Waals surface area (Å²) in [4.78, 5) is 31.1. The molecular formula is C32H33N5O2. The van der Waals surface area contributed by atoms with Gasteiger partial charge in [0, 0.05) is 18.2 Å². The summed E-state index contributed by atoms with van der Waals surface area (Å²) < 4.78 is 1.96. The van der Waals surface area contributed by atoms with Gasteiger partial charge < -0.3 is 9.80 Å². The number of amides is 2. The van der Waals surface area contributed by atoms with Gasteiger partial charge in [-0.25, -0.2) is 0 Å². The largest absolute Gasteiger partial charge is 0.338 e. The van der Waals surface area contributed by atoms with Crippen molar-refractivity contribution in [3.05, 3.63) is 95.3 Å². The van der Waals surface area contributed by atoms with Crippen LogP contribution in [0, 0.1) is 13.8 Å². The number of carbonyl (C=O) groups is 2.